The van der Waals surface area contributed by atoms with Crippen LogP contribution in [0.1, 0.15) is 47.8 Å². The first-order chi connectivity index (χ1) is 16.0. The Bertz CT molecular complexity index is 1170. The fourth-order valence-electron chi connectivity index (χ4n) is 6.81. The average Bonchev–Trinajstić information content (AvgIpc) is 3.57. The number of likely N-dealkylation sites (tertiary alicyclic amines) is 1. The largest absolute Gasteiger partial charge is 0.481 e. The summed E-state index contributed by atoms with van der Waals surface area (Å²) in [5, 5.41) is 12.0. The first-order valence-corrected chi connectivity index (χ1v) is 14.0. The van der Waals surface area contributed by atoms with Crippen LogP contribution in [-0.4, -0.2) is 44.6 Å². The highest BCUT2D eigenvalue weighted by molar-refractivity contribution is 8.00. The number of thiazole rings is 1. The lowest BCUT2D eigenvalue weighted by molar-refractivity contribution is -0.141. The maximum absolute atomic E-state index is 13.4. The number of carboxylic acid groups (broad SMARTS) is 1. The Morgan fingerprint density at radius 2 is 1.91 bits per heavy atom. The molecule has 7 atom stereocenters. The number of nitrogens with one attached hydrogen (secondary N) is 1. The number of fused-ring (bicyclic) bond motifs is 9. The second-order valence-electron chi connectivity index (χ2n) is 9.51. The molecule has 2 N–H and O–H groups in total. The molecule has 2 aromatic heterocycles. The minimum atomic E-state index is -0.815. The Labute approximate surface area is 202 Å². The van der Waals surface area contributed by atoms with Crippen molar-refractivity contribution in [3.8, 4) is 0 Å². The van der Waals surface area contributed by atoms with Gasteiger partial charge in [0.25, 0.3) is 0 Å². The molecular weight excluding hydrogens is 480 g/mol. The third kappa shape index (κ3) is 3.28. The summed E-state index contributed by atoms with van der Waals surface area (Å²) in [5.41, 5.74) is 0. The molecule has 4 heterocycles. The number of carbonyl (C=O) groups excluding carboxylic acids is 2. The number of unbranched alkanes of at least 4 members (excludes halogenated alkanes) is 2. The van der Waals surface area contributed by atoms with E-state index >= 15 is 0 Å². The summed E-state index contributed by atoms with van der Waals surface area (Å²) in [4.78, 5) is 56.5. The molecule has 1 saturated heterocycles. The van der Waals surface area contributed by atoms with E-state index in [0.29, 0.717) is 25.8 Å². The molecule has 2 aliphatic carbocycles. The number of aromatic nitrogens is 1. The van der Waals surface area contributed by atoms with E-state index in [1.165, 1.54) is 21.1 Å². The molecule has 0 spiro atoms. The number of hydrogen-bond donors (Lipinski definition) is 2. The highest BCUT2D eigenvalue weighted by Crippen LogP contribution is 2.68. The normalized spacial score (nSPS) is 33.9. The molecule has 3 fully saturated rings. The molecule has 4 aliphatic rings. The predicted octanol–water partition coefficient (Wildman–Crippen LogP) is 3.62. The summed E-state index contributed by atoms with van der Waals surface area (Å²) in [5.74, 6) is -0.695. The summed E-state index contributed by atoms with van der Waals surface area (Å²) in [6.45, 7) is 0.390. The second kappa shape index (κ2) is 8.09. The van der Waals surface area contributed by atoms with Crippen molar-refractivity contribution in [2.24, 2.45) is 29.6 Å². The van der Waals surface area contributed by atoms with Gasteiger partial charge in [-0.2, -0.15) is 0 Å². The van der Waals surface area contributed by atoms with Crippen LogP contribution < -0.4 is 4.87 Å². The van der Waals surface area contributed by atoms with Crippen LogP contribution in [0.2, 0.25) is 0 Å². The summed E-state index contributed by atoms with van der Waals surface area (Å²) >= 11 is 4.70. The molecule has 7 nitrogen and oxygen atoms in total. The van der Waals surface area contributed by atoms with Gasteiger partial charge in [0.2, 0.25) is 11.8 Å². The highest BCUT2D eigenvalue weighted by atomic mass is 32.2. The summed E-state index contributed by atoms with van der Waals surface area (Å²) in [6.07, 6.45) is 2.93. The van der Waals surface area contributed by atoms with Crippen LogP contribution in [0.15, 0.2) is 27.3 Å². The van der Waals surface area contributed by atoms with E-state index in [0.717, 1.165) is 16.3 Å². The lowest BCUT2D eigenvalue weighted by Gasteiger charge is -2.42. The second-order valence-corrected chi connectivity index (χ2v) is 12.7. The highest BCUT2D eigenvalue weighted by Gasteiger charge is 2.69. The van der Waals surface area contributed by atoms with Crippen LogP contribution in [0.25, 0.3) is 0 Å². The number of rotatable bonds is 7. The topological polar surface area (TPSA) is 108 Å². The van der Waals surface area contributed by atoms with Gasteiger partial charge in [0.15, 0.2) is 0 Å². The predicted molar refractivity (Wildman–Crippen MR) is 126 cm³/mol. The number of thiophene rings is 1. The van der Waals surface area contributed by atoms with Crippen molar-refractivity contribution in [3.05, 3.63) is 36.9 Å². The summed E-state index contributed by atoms with van der Waals surface area (Å²) < 4.78 is 0. The smallest absolute Gasteiger partial charge is 0.305 e. The fourth-order valence-corrected chi connectivity index (χ4v) is 10.7. The molecule has 10 heteroatoms. The van der Waals surface area contributed by atoms with Crippen LogP contribution in [0.3, 0.4) is 0 Å². The van der Waals surface area contributed by atoms with Crippen LogP contribution in [0.4, 0.5) is 0 Å². The molecule has 6 rings (SSSR count). The molecule has 2 bridgehead atoms. The number of carboxylic acids is 1. The molecule has 0 unspecified atom stereocenters. The fraction of sp³-hybridized carbons (Fsp3) is 0.565. The van der Waals surface area contributed by atoms with Crippen LogP contribution in [0.5, 0.6) is 0 Å². The Morgan fingerprint density at radius 3 is 2.64 bits per heavy atom. The van der Waals surface area contributed by atoms with Gasteiger partial charge in [-0.1, -0.05) is 23.8 Å². The number of aromatic amines is 1. The molecule has 2 amide bonds. The van der Waals surface area contributed by atoms with E-state index in [1.807, 2.05) is 6.07 Å². The molecule has 174 valence electrons. The minimum absolute atomic E-state index is 0.0304. The monoisotopic (exact) mass is 504 g/mol. The van der Waals surface area contributed by atoms with Crippen molar-refractivity contribution in [2.45, 2.75) is 48.3 Å². The van der Waals surface area contributed by atoms with E-state index in [-0.39, 0.29) is 63.9 Å². The van der Waals surface area contributed by atoms with Crippen molar-refractivity contribution in [3.63, 3.8) is 0 Å². The zero-order valence-corrected chi connectivity index (χ0v) is 20.2. The van der Waals surface area contributed by atoms with Gasteiger partial charge < -0.3 is 10.1 Å². The number of hydrogen-bond acceptors (Lipinski definition) is 7. The average molecular weight is 505 g/mol. The lowest BCUT2D eigenvalue weighted by atomic mass is 9.69. The van der Waals surface area contributed by atoms with E-state index in [4.69, 9.17) is 5.11 Å². The summed E-state index contributed by atoms with van der Waals surface area (Å²) in [6, 6.07) is 4.17. The standard InChI is InChI=1S/C23H24N2O5S3/c26-13(27)6-2-1-3-7-25-21(28)15-10-9-11(16(15)22(25)29)18-14(10)17(12-5-4-8-31-12)19-20(32-18)24-23(30)33-19/h4-5,8,10-11,14-18H,1-3,6-7,9H2,(H,24,30)(H,26,27)/t10-,11+,14+,15+,16+,17+,18+/m0/s1. The maximum atomic E-state index is 13.4. The van der Waals surface area contributed by atoms with Gasteiger partial charge in [0.1, 0.15) is 0 Å². The van der Waals surface area contributed by atoms with Crippen LogP contribution in [-0.2, 0) is 14.4 Å². The molecular formula is C23H24N2O5S3. The number of H-pyrrole nitrogens is 1. The molecule has 2 aromatic rings. The van der Waals surface area contributed by atoms with E-state index < -0.39 is 5.97 Å². The third-order valence-corrected chi connectivity index (χ3v) is 11.5. The van der Waals surface area contributed by atoms with E-state index in [9.17, 15) is 19.2 Å². The number of amides is 2. The van der Waals surface area contributed by atoms with Gasteiger partial charge in [0.05, 0.1) is 16.9 Å². The van der Waals surface area contributed by atoms with Gasteiger partial charge in [-0.25, -0.2) is 0 Å². The molecule has 2 aliphatic heterocycles. The molecule has 2 saturated carbocycles. The summed E-state index contributed by atoms with van der Waals surface area (Å²) in [7, 11) is 0. The number of aliphatic carboxylic acids is 1. The number of thioether (sulfide) groups is 1. The maximum Gasteiger partial charge on any atom is 0.305 e. The Hall–Kier alpha value is -1.91. The molecule has 33 heavy (non-hydrogen) atoms. The van der Waals surface area contributed by atoms with Gasteiger partial charge in [-0.05, 0) is 48.5 Å². The number of carbonyl (C=O) groups is 3. The van der Waals surface area contributed by atoms with Crippen molar-refractivity contribution < 1.29 is 19.5 Å². The van der Waals surface area contributed by atoms with Gasteiger partial charge >= 0.3 is 10.8 Å². The van der Waals surface area contributed by atoms with Gasteiger partial charge in [0, 0.05) is 33.9 Å². The lowest BCUT2D eigenvalue weighted by Crippen LogP contribution is -2.42. The minimum Gasteiger partial charge on any atom is -0.481 e. The SMILES string of the molecule is O=C(O)CCCCCN1C(=O)[C@@H]2[C@H]3C[C@@H]([C@H]4Sc5[nH]c(=O)sc5[C@H](c5cccs5)[C@@H]34)[C@H]2C1=O. The first kappa shape index (κ1) is 21.6. The Balaban J connectivity index is 1.27. The zero-order chi connectivity index (χ0) is 22.9. The molecule has 0 aromatic carbocycles. The van der Waals surface area contributed by atoms with Crippen molar-refractivity contribution in [1.82, 2.24) is 9.88 Å². The van der Waals surface area contributed by atoms with Gasteiger partial charge in [-0.15, -0.1) is 23.1 Å². The Kier molecular flexibility index (Phi) is 5.30. The van der Waals surface area contributed by atoms with E-state index in [2.05, 4.69) is 16.4 Å². The third-order valence-electron chi connectivity index (χ3n) is 7.94. The number of imide groups is 1. The van der Waals surface area contributed by atoms with Crippen molar-refractivity contribution >= 4 is 52.2 Å². The van der Waals surface area contributed by atoms with Crippen molar-refractivity contribution in [2.75, 3.05) is 6.54 Å². The van der Waals surface area contributed by atoms with Crippen LogP contribution >= 0.6 is 34.4 Å². The number of nitrogens with zero attached hydrogens (tertiary/aromatic N) is 1. The van der Waals surface area contributed by atoms with Crippen molar-refractivity contribution in [1.29, 1.82) is 0 Å². The van der Waals surface area contributed by atoms with E-state index in [1.54, 1.807) is 23.1 Å². The molecule has 0 radical (unpaired) electrons. The Morgan fingerprint density at radius 1 is 1.12 bits per heavy atom. The van der Waals surface area contributed by atoms with Crippen LogP contribution in [0, 0.1) is 29.6 Å². The zero-order valence-electron chi connectivity index (χ0n) is 17.8. The first-order valence-electron chi connectivity index (χ1n) is 11.5. The van der Waals surface area contributed by atoms with Gasteiger partial charge in [-0.3, -0.25) is 24.1 Å². The quantitative estimate of drug-likeness (QED) is 0.441.